The van der Waals surface area contributed by atoms with E-state index in [-0.39, 0.29) is 0 Å². The highest BCUT2D eigenvalue weighted by atomic mass is 16.5. The van der Waals surface area contributed by atoms with Crippen LogP contribution in [-0.4, -0.2) is 34.5 Å². The van der Waals surface area contributed by atoms with E-state index in [0.717, 1.165) is 16.3 Å². The number of allylic oxidation sites excluding steroid dienone is 1. The number of carbonyl (C=O) groups is 1. The zero-order valence-corrected chi connectivity index (χ0v) is 15.4. The Bertz CT molecular complexity index is 1050. The number of hydrogen-bond acceptors (Lipinski definition) is 6. The molecular weight excluding hydrogens is 344 g/mol. The summed E-state index contributed by atoms with van der Waals surface area (Å²) in [4.78, 5) is 16.9. The van der Waals surface area contributed by atoms with Crippen LogP contribution >= 0.6 is 0 Å². The van der Waals surface area contributed by atoms with E-state index >= 15 is 0 Å². The van der Waals surface area contributed by atoms with E-state index in [0.29, 0.717) is 29.6 Å². The summed E-state index contributed by atoms with van der Waals surface area (Å²) in [6, 6.07) is 11.5. The van der Waals surface area contributed by atoms with Gasteiger partial charge in [0.25, 0.3) is 0 Å². The van der Waals surface area contributed by atoms with Crippen LogP contribution in [0, 0.1) is 0 Å². The average Bonchev–Trinajstić information content (AvgIpc) is 3.14. The molecule has 0 aliphatic carbocycles. The summed E-state index contributed by atoms with van der Waals surface area (Å²) in [5, 5.41) is 9.55. The highest BCUT2D eigenvalue weighted by molar-refractivity contribution is 5.96. The molecule has 0 saturated carbocycles. The monoisotopic (exact) mass is 364 g/mol. The molecule has 0 fully saturated rings. The normalized spacial score (nSPS) is 16.0. The molecule has 0 radical (unpaired) electrons. The molecule has 1 unspecified atom stereocenters. The lowest BCUT2D eigenvalue weighted by Gasteiger charge is -2.29. The molecule has 1 aromatic heterocycles. The van der Waals surface area contributed by atoms with Crippen LogP contribution in [-0.2, 0) is 9.53 Å². The van der Waals surface area contributed by atoms with Crippen molar-refractivity contribution in [2.45, 2.75) is 19.9 Å². The van der Waals surface area contributed by atoms with E-state index in [1.54, 1.807) is 4.68 Å². The second-order valence-electron chi connectivity index (χ2n) is 6.22. The van der Waals surface area contributed by atoms with Crippen LogP contribution in [0.3, 0.4) is 0 Å². The Kier molecular flexibility index (Phi) is 4.27. The second kappa shape index (κ2) is 6.75. The van der Waals surface area contributed by atoms with Crippen molar-refractivity contribution in [1.82, 2.24) is 14.8 Å². The number of benzene rings is 2. The largest absolute Gasteiger partial charge is 0.493 e. The fourth-order valence-corrected chi connectivity index (χ4v) is 3.57. The lowest BCUT2D eigenvalue weighted by atomic mass is 9.90. The first-order chi connectivity index (χ1) is 13.2. The molecule has 7 nitrogen and oxygen atoms in total. The number of aromatic nitrogens is 3. The van der Waals surface area contributed by atoms with E-state index in [9.17, 15) is 4.79 Å². The number of fused-ring (bicyclic) bond motifs is 2. The zero-order chi connectivity index (χ0) is 19.0. The molecule has 4 rings (SSSR count). The Morgan fingerprint density at radius 1 is 1.26 bits per heavy atom. The third-order valence-corrected chi connectivity index (χ3v) is 4.70. The molecule has 0 spiro atoms. The number of rotatable bonds is 4. The smallest absolute Gasteiger partial charge is 0.338 e. The van der Waals surface area contributed by atoms with E-state index < -0.39 is 12.0 Å². The van der Waals surface area contributed by atoms with Crippen LogP contribution in [0.1, 0.15) is 25.5 Å². The van der Waals surface area contributed by atoms with Gasteiger partial charge in [0.05, 0.1) is 19.3 Å². The summed E-state index contributed by atoms with van der Waals surface area (Å²) in [7, 11) is 1.38. The van der Waals surface area contributed by atoms with Crippen LogP contribution in [0.5, 0.6) is 5.75 Å². The van der Waals surface area contributed by atoms with Crippen LogP contribution in [0.15, 0.2) is 54.0 Å². The number of nitrogens with zero attached hydrogens (tertiary/aromatic N) is 3. The highest BCUT2D eigenvalue weighted by Crippen LogP contribution is 2.42. The number of anilines is 1. The number of nitrogens with one attached hydrogen (secondary N) is 1. The average molecular weight is 364 g/mol. The summed E-state index contributed by atoms with van der Waals surface area (Å²) >= 11 is 0. The Morgan fingerprint density at radius 3 is 2.85 bits per heavy atom. The molecule has 0 saturated heterocycles. The first-order valence-electron chi connectivity index (χ1n) is 8.75. The number of ether oxygens (including phenoxy) is 2. The maximum atomic E-state index is 12.7. The van der Waals surface area contributed by atoms with Crippen molar-refractivity contribution in [3.8, 4) is 5.75 Å². The van der Waals surface area contributed by atoms with Gasteiger partial charge in [-0.1, -0.05) is 30.3 Å². The topological polar surface area (TPSA) is 78.3 Å². The Balaban J connectivity index is 2.06. The number of hydrogen-bond donors (Lipinski definition) is 1. The Hall–Kier alpha value is -3.35. The van der Waals surface area contributed by atoms with E-state index in [1.807, 2.05) is 50.2 Å². The molecule has 1 aliphatic heterocycles. The van der Waals surface area contributed by atoms with Gasteiger partial charge in [0, 0.05) is 11.3 Å². The van der Waals surface area contributed by atoms with Crippen LogP contribution < -0.4 is 10.1 Å². The van der Waals surface area contributed by atoms with Crippen molar-refractivity contribution in [2.24, 2.45) is 0 Å². The molecule has 2 heterocycles. The Morgan fingerprint density at radius 2 is 2.07 bits per heavy atom. The maximum Gasteiger partial charge on any atom is 0.338 e. The lowest BCUT2D eigenvalue weighted by Crippen LogP contribution is -2.29. The second-order valence-corrected chi connectivity index (χ2v) is 6.22. The van der Waals surface area contributed by atoms with Crippen molar-refractivity contribution < 1.29 is 14.3 Å². The van der Waals surface area contributed by atoms with Gasteiger partial charge in [0.1, 0.15) is 18.1 Å². The minimum Gasteiger partial charge on any atom is -0.493 e. The molecule has 7 heteroatoms. The standard InChI is InChI=1S/C20H20N4O3/c1-4-27-15-10-9-13-7-5-6-8-14(13)17(15)18-16(19(25)26-3)12(2)23-20-21-11-22-24(18)20/h5-11,18H,4H2,1-3H3,(H,21,22,23). The summed E-state index contributed by atoms with van der Waals surface area (Å²) in [5.74, 6) is 0.862. The molecule has 1 atom stereocenters. The molecule has 138 valence electrons. The van der Waals surface area contributed by atoms with Crippen molar-refractivity contribution in [2.75, 3.05) is 19.0 Å². The van der Waals surface area contributed by atoms with Crippen LogP contribution in [0.2, 0.25) is 0 Å². The van der Waals surface area contributed by atoms with Gasteiger partial charge in [-0.15, -0.1) is 0 Å². The van der Waals surface area contributed by atoms with Gasteiger partial charge >= 0.3 is 5.97 Å². The molecule has 27 heavy (non-hydrogen) atoms. The third-order valence-electron chi connectivity index (χ3n) is 4.70. The summed E-state index contributed by atoms with van der Waals surface area (Å²) in [5.41, 5.74) is 2.03. The third kappa shape index (κ3) is 2.71. The van der Waals surface area contributed by atoms with Gasteiger partial charge in [-0.25, -0.2) is 9.48 Å². The predicted octanol–water partition coefficient (Wildman–Crippen LogP) is 3.29. The quantitative estimate of drug-likeness (QED) is 0.716. The van der Waals surface area contributed by atoms with Crippen molar-refractivity contribution in [1.29, 1.82) is 0 Å². The zero-order valence-electron chi connectivity index (χ0n) is 15.4. The van der Waals surface area contributed by atoms with Gasteiger partial charge in [-0.3, -0.25) is 0 Å². The minimum atomic E-state index is -0.510. The van der Waals surface area contributed by atoms with E-state index in [4.69, 9.17) is 9.47 Å². The fraction of sp³-hybridized carbons (Fsp3) is 0.250. The Labute approximate surface area is 156 Å². The van der Waals surface area contributed by atoms with Crippen LogP contribution in [0.25, 0.3) is 10.8 Å². The molecule has 1 N–H and O–H groups in total. The summed E-state index contributed by atoms with van der Waals surface area (Å²) < 4.78 is 12.7. The SMILES string of the molecule is CCOc1ccc2ccccc2c1C1C(C(=O)OC)=C(C)Nc2ncnn21. The van der Waals surface area contributed by atoms with Gasteiger partial charge in [0.15, 0.2) is 0 Å². The first-order valence-corrected chi connectivity index (χ1v) is 8.75. The fourth-order valence-electron chi connectivity index (χ4n) is 3.57. The van der Waals surface area contributed by atoms with Gasteiger partial charge in [-0.05, 0) is 30.7 Å². The highest BCUT2D eigenvalue weighted by Gasteiger charge is 2.36. The number of methoxy groups -OCH3 is 1. The van der Waals surface area contributed by atoms with Gasteiger partial charge < -0.3 is 14.8 Å². The molecule has 0 bridgehead atoms. The van der Waals surface area contributed by atoms with Crippen LogP contribution in [0.4, 0.5) is 5.95 Å². The van der Waals surface area contributed by atoms with Crippen molar-refractivity contribution in [3.05, 3.63) is 59.6 Å². The first kappa shape index (κ1) is 17.1. The minimum absolute atomic E-state index is 0.415. The maximum absolute atomic E-state index is 12.7. The molecule has 3 aromatic rings. The van der Waals surface area contributed by atoms with Crippen molar-refractivity contribution >= 4 is 22.7 Å². The lowest BCUT2D eigenvalue weighted by molar-refractivity contribution is -0.136. The number of carbonyl (C=O) groups excluding carboxylic acids is 1. The summed E-state index contributed by atoms with van der Waals surface area (Å²) in [6.07, 6.45) is 1.47. The van der Waals surface area contributed by atoms with Gasteiger partial charge in [0.2, 0.25) is 5.95 Å². The van der Waals surface area contributed by atoms with E-state index in [1.165, 1.54) is 13.4 Å². The predicted molar refractivity (Wildman–Crippen MR) is 102 cm³/mol. The molecule has 1 aliphatic rings. The molecular formula is C20H20N4O3. The van der Waals surface area contributed by atoms with Gasteiger partial charge in [-0.2, -0.15) is 10.1 Å². The molecule has 0 amide bonds. The number of esters is 1. The van der Waals surface area contributed by atoms with E-state index in [2.05, 4.69) is 15.4 Å². The molecule has 2 aromatic carbocycles. The summed E-state index contributed by atoms with van der Waals surface area (Å²) in [6.45, 7) is 4.28. The van der Waals surface area contributed by atoms with Crippen molar-refractivity contribution in [3.63, 3.8) is 0 Å².